The van der Waals surface area contributed by atoms with Gasteiger partial charge in [-0.2, -0.15) is 0 Å². The molecule has 90 valence electrons. The summed E-state index contributed by atoms with van der Waals surface area (Å²) in [5, 5.41) is 9.06. The minimum atomic E-state index is -1.07. The Morgan fingerprint density at radius 3 is 2.82 bits per heavy atom. The van der Waals surface area contributed by atoms with Gasteiger partial charge >= 0.3 is 5.97 Å². The number of pyridine rings is 1. The highest BCUT2D eigenvalue weighted by Gasteiger charge is 2.18. The van der Waals surface area contributed by atoms with E-state index in [0.717, 1.165) is 0 Å². The van der Waals surface area contributed by atoms with E-state index in [1.54, 1.807) is 36.8 Å². The minimum Gasteiger partial charge on any atom is -0.495 e. The summed E-state index contributed by atoms with van der Waals surface area (Å²) >= 11 is 0. The van der Waals surface area contributed by atoms with Gasteiger partial charge in [-0.05, 0) is 19.1 Å². The fourth-order valence-corrected chi connectivity index (χ4v) is 1.69. The van der Waals surface area contributed by atoms with Crippen molar-refractivity contribution in [1.29, 1.82) is 0 Å². The van der Waals surface area contributed by atoms with E-state index >= 15 is 0 Å². The number of carbonyl (C=O) groups is 1. The highest BCUT2D eigenvalue weighted by atomic mass is 16.5. The number of carboxylic acid groups (broad SMARTS) is 1. The average Bonchev–Trinajstić information content (AvgIpc) is 2.67. The third-order valence-electron chi connectivity index (χ3n) is 2.48. The number of fused-ring (bicyclic) bond motifs is 1. The summed E-state index contributed by atoms with van der Waals surface area (Å²) < 4.78 is 6.74. The van der Waals surface area contributed by atoms with Gasteiger partial charge in [-0.25, -0.2) is 9.78 Å². The van der Waals surface area contributed by atoms with Gasteiger partial charge in [0.2, 0.25) is 0 Å². The van der Waals surface area contributed by atoms with Crippen LogP contribution < -0.4 is 10.5 Å². The molecular formula is C11H13N3O3. The number of methoxy groups -OCH3 is 1. The molecular weight excluding hydrogens is 222 g/mol. The molecule has 0 aliphatic carbocycles. The molecule has 2 aromatic rings. The summed E-state index contributed by atoms with van der Waals surface area (Å²) in [5.74, 6) is 0.0459. The standard InChI is InChI=1S/C11H13N3O3/c1-6(12)10-13-9(11(15)16)8-4-3-7(17-2)5-14(8)10/h3-6H,12H2,1-2H3,(H,15,16). The molecule has 3 N–H and O–H groups in total. The third-order valence-corrected chi connectivity index (χ3v) is 2.48. The van der Waals surface area contributed by atoms with Crippen LogP contribution in [0.2, 0.25) is 0 Å². The van der Waals surface area contributed by atoms with E-state index in [4.69, 9.17) is 15.6 Å². The van der Waals surface area contributed by atoms with E-state index in [1.165, 1.54) is 0 Å². The molecule has 0 radical (unpaired) electrons. The van der Waals surface area contributed by atoms with Gasteiger partial charge in [-0.1, -0.05) is 0 Å². The second-order valence-electron chi connectivity index (χ2n) is 3.74. The van der Waals surface area contributed by atoms with Gasteiger partial charge in [0.25, 0.3) is 0 Å². The third kappa shape index (κ3) is 1.83. The van der Waals surface area contributed by atoms with E-state index in [9.17, 15) is 4.79 Å². The van der Waals surface area contributed by atoms with Crippen LogP contribution in [0.15, 0.2) is 18.3 Å². The summed E-state index contributed by atoms with van der Waals surface area (Å²) in [6, 6.07) is 2.98. The first kappa shape index (κ1) is 11.4. The van der Waals surface area contributed by atoms with Gasteiger partial charge in [-0.15, -0.1) is 0 Å². The van der Waals surface area contributed by atoms with Gasteiger partial charge in [0.15, 0.2) is 5.69 Å². The van der Waals surface area contributed by atoms with Crippen LogP contribution in [0.25, 0.3) is 5.52 Å². The molecule has 0 saturated heterocycles. The Bertz CT molecular complexity index is 575. The lowest BCUT2D eigenvalue weighted by atomic mass is 10.3. The highest BCUT2D eigenvalue weighted by Crippen LogP contribution is 2.21. The summed E-state index contributed by atoms with van der Waals surface area (Å²) in [6.45, 7) is 1.75. The average molecular weight is 235 g/mol. The van der Waals surface area contributed by atoms with Crippen molar-refractivity contribution >= 4 is 11.5 Å². The zero-order chi connectivity index (χ0) is 12.6. The van der Waals surface area contributed by atoms with Crippen LogP contribution in [0.4, 0.5) is 0 Å². The van der Waals surface area contributed by atoms with Crippen LogP contribution in [0.1, 0.15) is 29.3 Å². The Morgan fingerprint density at radius 1 is 1.59 bits per heavy atom. The first-order chi connectivity index (χ1) is 8.04. The summed E-state index contributed by atoms with van der Waals surface area (Å²) in [7, 11) is 1.54. The Hall–Kier alpha value is -2.08. The smallest absolute Gasteiger partial charge is 0.356 e. The number of nitrogens with zero attached hydrogens (tertiary/aromatic N) is 2. The first-order valence-corrected chi connectivity index (χ1v) is 5.09. The minimum absolute atomic E-state index is 0.0000435. The quantitative estimate of drug-likeness (QED) is 0.830. The lowest BCUT2D eigenvalue weighted by Crippen LogP contribution is -2.09. The van der Waals surface area contributed by atoms with Crippen LogP contribution in [-0.2, 0) is 0 Å². The van der Waals surface area contributed by atoms with Crippen molar-refractivity contribution < 1.29 is 14.6 Å². The molecule has 0 saturated carbocycles. The van der Waals surface area contributed by atoms with E-state index in [2.05, 4.69) is 4.98 Å². The number of hydrogen-bond donors (Lipinski definition) is 2. The molecule has 2 rings (SSSR count). The number of nitrogens with two attached hydrogens (primary N) is 1. The zero-order valence-corrected chi connectivity index (χ0v) is 9.54. The monoisotopic (exact) mass is 235 g/mol. The van der Waals surface area contributed by atoms with Crippen molar-refractivity contribution in [2.45, 2.75) is 13.0 Å². The van der Waals surface area contributed by atoms with Gasteiger partial charge in [0.05, 0.1) is 24.9 Å². The number of aromatic carboxylic acids is 1. The van der Waals surface area contributed by atoms with Gasteiger partial charge < -0.3 is 15.6 Å². The zero-order valence-electron chi connectivity index (χ0n) is 9.54. The summed E-state index contributed by atoms with van der Waals surface area (Å²) in [4.78, 5) is 15.1. The molecule has 2 aromatic heterocycles. The van der Waals surface area contributed by atoms with Gasteiger partial charge in [0.1, 0.15) is 11.6 Å². The first-order valence-electron chi connectivity index (χ1n) is 5.09. The van der Waals surface area contributed by atoms with Crippen molar-refractivity contribution in [2.75, 3.05) is 7.11 Å². The number of hydrogen-bond acceptors (Lipinski definition) is 4. The molecule has 6 nitrogen and oxygen atoms in total. The van der Waals surface area contributed by atoms with Crippen molar-refractivity contribution in [2.24, 2.45) is 5.73 Å². The fourth-order valence-electron chi connectivity index (χ4n) is 1.69. The van der Waals surface area contributed by atoms with Crippen LogP contribution in [0, 0.1) is 0 Å². The molecule has 0 aromatic carbocycles. The normalized spacial score (nSPS) is 12.6. The maximum atomic E-state index is 11.1. The number of ether oxygens (including phenoxy) is 1. The number of rotatable bonds is 3. The topological polar surface area (TPSA) is 89.8 Å². The Kier molecular flexibility index (Phi) is 2.72. The highest BCUT2D eigenvalue weighted by molar-refractivity contribution is 5.93. The van der Waals surface area contributed by atoms with Crippen LogP contribution in [0.5, 0.6) is 5.75 Å². The lowest BCUT2D eigenvalue weighted by molar-refractivity contribution is 0.0693. The second-order valence-corrected chi connectivity index (χ2v) is 3.74. The van der Waals surface area contributed by atoms with E-state index < -0.39 is 5.97 Å². The number of carboxylic acids is 1. The van der Waals surface area contributed by atoms with E-state index in [-0.39, 0.29) is 11.7 Å². The Balaban J connectivity index is 2.76. The van der Waals surface area contributed by atoms with E-state index in [1.807, 2.05) is 0 Å². The molecule has 0 aliphatic rings. The molecule has 0 amide bonds. The largest absolute Gasteiger partial charge is 0.495 e. The van der Waals surface area contributed by atoms with Crippen molar-refractivity contribution in [3.05, 3.63) is 29.8 Å². The summed E-state index contributed by atoms with van der Waals surface area (Å²) in [5.41, 5.74) is 6.27. The van der Waals surface area contributed by atoms with Crippen molar-refractivity contribution in [1.82, 2.24) is 9.38 Å². The fraction of sp³-hybridized carbons (Fsp3) is 0.273. The van der Waals surface area contributed by atoms with Crippen LogP contribution in [0.3, 0.4) is 0 Å². The molecule has 17 heavy (non-hydrogen) atoms. The summed E-state index contributed by atoms with van der Waals surface area (Å²) in [6.07, 6.45) is 1.67. The molecule has 0 spiro atoms. The maximum Gasteiger partial charge on any atom is 0.356 e. The van der Waals surface area contributed by atoms with Crippen molar-refractivity contribution in [3.63, 3.8) is 0 Å². The SMILES string of the molecule is COc1ccc2c(C(=O)O)nc(C(C)N)n2c1. The molecule has 1 atom stereocenters. The molecule has 6 heteroatoms. The number of imidazole rings is 1. The lowest BCUT2D eigenvalue weighted by Gasteiger charge is -2.05. The molecule has 0 bridgehead atoms. The predicted molar refractivity (Wildman–Crippen MR) is 61.3 cm³/mol. The molecule has 0 fully saturated rings. The van der Waals surface area contributed by atoms with Crippen LogP contribution >= 0.6 is 0 Å². The molecule has 1 unspecified atom stereocenters. The van der Waals surface area contributed by atoms with Gasteiger partial charge in [-0.3, -0.25) is 4.40 Å². The maximum absolute atomic E-state index is 11.1. The number of aromatic nitrogens is 2. The van der Waals surface area contributed by atoms with Gasteiger partial charge in [0, 0.05) is 0 Å². The molecule has 2 heterocycles. The van der Waals surface area contributed by atoms with E-state index in [0.29, 0.717) is 17.1 Å². The van der Waals surface area contributed by atoms with Crippen LogP contribution in [-0.4, -0.2) is 27.6 Å². The Morgan fingerprint density at radius 2 is 2.29 bits per heavy atom. The van der Waals surface area contributed by atoms with Crippen molar-refractivity contribution in [3.8, 4) is 5.75 Å². The molecule has 0 aliphatic heterocycles. The Labute approximate surface area is 97.6 Å². The second kappa shape index (κ2) is 4.06. The predicted octanol–water partition coefficient (Wildman–Crippen LogP) is 1.06.